The third-order valence-corrected chi connectivity index (χ3v) is 9.11. The summed E-state index contributed by atoms with van der Waals surface area (Å²) in [5.74, 6) is -2.82. The average Bonchev–Trinajstić information content (AvgIpc) is 3.65. The molecule has 40 heavy (non-hydrogen) atoms. The fourth-order valence-electron chi connectivity index (χ4n) is 4.55. The van der Waals surface area contributed by atoms with Gasteiger partial charge < -0.3 is 14.7 Å². The van der Waals surface area contributed by atoms with Crippen molar-refractivity contribution in [1.82, 2.24) is 4.31 Å². The second-order valence-electron chi connectivity index (χ2n) is 9.96. The first-order valence-electron chi connectivity index (χ1n) is 12.1. The Labute approximate surface area is 225 Å². The van der Waals surface area contributed by atoms with E-state index in [2.05, 4.69) is 0 Å². The van der Waals surface area contributed by atoms with Gasteiger partial charge in [-0.05, 0) is 56.0 Å². The third kappa shape index (κ3) is 6.14. The Kier molecular flexibility index (Phi) is 7.77. The van der Waals surface area contributed by atoms with Crippen LogP contribution in [0.4, 0.5) is 42.1 Å². The van der Waals surface area contributed by atoms with Crippen molar-refractivity contribution in [2.24, 2.45) is 5.41 Å². The molecule has 1 N–H and O–H groups in total. The molecule has 15 heteroatoms. The van der Waals surface area contributed by atoms with E-state index >= 15 is 0 Å². The lowest BCUT2D eigenvalue weighted by atomic mass is 10.1. The number of sulfonamides is 1. The second kappa shape index (κ2) is 10.4. The first-order valence-corrected chi connectivity index (χ1v) is 13.6. The van der Waals surface area contributed by atoms with Gasteiger partial charge in [0.1, 0.15) is 28.5 Å². The summed E-state index contributed by atoms with van der Waals surface area (Å²) in [5.41, 5.74) is -3.07. The van der Waals surface area contributed by atoms with E-state index in [-0.39, 0.29) is 31.5 Å². The van der Waals surface area contributed by atoms with Crippen LogP contribution in [0.25, 0.3) is 0 Å². The molecule has 0 radical (unpaired) electrons. The monoisotopic (exact) mass is 598 g/mol. The maximum atomic E-state index is 14.2. The number of carboxylic acids is 1. The lowest BCUT2D eigenvalue weighted by Gasteiger charge is -2.30. The highest BCUT2D eigenvalue weighted by Gasteiger charge is 2.52. The molecule has 2 aromatic carbocycles. The molecule has 1 saturated carbocycles. The van der Waals surface area contributed by atoms with Crippen LogP contribution in [0.5, 0.6) is 5.75 Å². The van der Waals surface area contributed by atoms with E-state index in [4.69, 9.17) is 4.74 Å². The van der Waals surface area contributed by atoms with E-state index in [1.54, 1.807) is 0 Å². The van der Waals surface area contributed by atoms with Gasteiger partial charge in [-0.25, -0.2) is 12.8 Å². The Hall–Kier alpha value is -3.07. The van der Waals surface area contributed by atoms with Gasteiger partial charge in [-0.15, -0.1) is 0 Å². The Morgan fingerprint density at radius 1 is 1.10 bits per heavy atom. The van der Waals surface area contributed by atoms with Crippen molar-refractivity contribution in [2.75, 3.05) is 25.1 Å². The predicted molar refractivity (Wildman–Crippen MR) is 128 cm³/mol. The van der Waals surface area contributed by atoms with Crippen LogP contribution in [0.15, 0.2) is 41.3 Å². The number of aliphatic carboxylic acids is 1. The van der Waals surface area contributed by atoms with Gasteiger partial charge in [-0.2, -0.15) is 30.6 Å². The summed E-state index contributed by atoms with van der Waals surface area (Å²) in [4.78, 5) is 12.1. The van der Waals surface area contributed by atoms with Crippen molar-refractivity contribution >= 4 is 27.4 Å². The minimum absolute atomic E-state index is 0.110. The van der Waals surface area contributed by atoms with Gasteiger partial charge in [0.15, 0.2) is 0 Å². The van der Waals surface area contributed by atoms with Crippen LogP contribution >= 0.6 is 0 Å². The van der Waals surface area contributed by atoms with Crippen LogP contribution in [-0.4, -0.2) is 56.2 Å². The van der Waals surface area contributed by atoms with Crippen molar-refractivity contribution in [3.63, 3.8) is 0 Å². The zero-order valence-electron chi connectivity index (χ0n) is 21.0. The van der Waals surface area contributed by atoms with Gasteiger partial charge in [-0.3, -0.25) is 4.79 Å². The Bertz CT molecular complexity index is 1370. The number of alkyl halides is 6. The molecule has 1 atom stereocenters. The molecule has 0 saturated heterocycles. The number of hydrogen-bond acceptors (Lipinski definition) is 5. The van der Waals surface area contributed by atoms with Gasteiger partial charge in [0.05, 0.1) is 11.3 Å². The number of carboxylic acid groups (broad SMARTS) is 1. The molecule has 2 aromatic rings. The number of halogens is 7. The Balaban J connectivity index is 1.85. The van der Waals surface area contributed by atoms with E-state index in [9.17, 15) is 49.1 Å². The summed E-state index contributed by atoms with van der Waals surface area (Å²) in [7, 11) is -3.47. The summed E-state index contributed by atoms with van der Waals surface area (Å²) in [5, 5.41) is 9.38. The molecule has 2 aliphatic rings. The molecule has 1 heterocycles. The molecule has 4 rings (SSSR count). The molecule has 1 fully saturated rings. The number of benzene rings is 2. The van der Waals surface area contributed by atoms with E-state index < -0.39 is 87.0 Å². The first kappa shape index (κ1) is 29.9. The molecule has 1 aliphatic carbocycles. The number of fused-ring (bicyclic) bond motifs is 1. The summed E-state index contributed by atoms with van der Waals surface area (Å²) < 4.78 is 128. The van der Waals surface area contributed by atoms with Gasteiger partial charge in [0.25, 0.3) is 0 Å². The molecule has 1 unspecified atom stereocenters. The van der Waals surface area contributed by atoms with Crippen molar-refractivity contribution < 1.29 is 53.8 Å². The Morgan fingerprint density at radius 2 is 1.73 bits per heavy atom. The van der Waals surface area contributed by atoms with Crippen molar-refractivity contribution in [1.29, 1.82) is 0 Å². The highest BCUT2D eigenvalue weighted by atomic mass is 32.2. The standard InChI is InChI=1S/C25H25F7N2O5S/c1-33-17(3-2-8-24(27,28)29)13-34(16-6-4-15(26)5-7-16)19-11-18(25(30,31)32)20(12-21(19)40(33,37)38)39-14-23(9-10-23)22(35)36/h4-7,11-12,17H,2-3,8-10,13-14H2,1H3,(H,35,36). The smallest absolute Gasteiger partial charge is 0.420 e. The maximum absolute atomic E-state index is 14.2. The van der Waals surface area contributed by atoms with Crippen LogP contribution in [0, 0.1) is 11.2 Å². The number of anilines is 2. The van der Waals surface area contributed by atoms with Crippen LogP contribution in [0.3, 0.4) is 0 Å². The van der Waals surface area contributed by atoms with Crippen LogP contribution < -0.4 is 9.64 Å². The highest BCUT2D eigenvalue weighted by molar-refractivity contribution is 7.89. The molecule has 0 bridgehead atoms. The number of ether oxygens (including phenoxy) is 1. The van der Waals surface area contributed by atoms with Gasteiger partial charge in [0.2, 0.25) is 10.0 Å². The van der Waals surface area contributed by atoms with Gasteiger partial charge in [0, 0.05) is 37.8 Å². The topological polar surface area (TPSA) is 87.2 Å². The molecule has 1 aliphatic heterocycles. The van der Waals surface area contributed by atoms with E-state index in [1.807, 2.05) is 0 Å². The minimum atomic E-state index is -5.05. The van der Waals surface area contributed by atoms with Crippen LogP contribution in [0.2, 0.25) is 0 Å². The molecular formula is C25H25F7N2O5S. The first-order chi connectivity index (χ1) is 18.4. The summed E-state index contributed by atoms with van der Waals surface area (Å²) >= 11 is 0. The van der Waals surface area contributed by atoms with Crippen molar-refractivity contribution in [2.45, 2.75) is 55.4 Å². The fourth-order valence-corrected chi connectivity index (χ4v) is 6.11. The minimum Gasteiger partial charge on any atom is -0.492 e. The average molecular weight is 599 g/mol. The largest absolute Gasteiger partial charge is 0.492 e. The van der Waals surface area contributed by atoms with Crippen LogP contribution in [-0.2, 0) is 21.0 Å². The van der Waals surface area contributed by atoms with Crippen molar-refractivity contribution in [3.05, 3.63) is 47.8 Å². The van der Waals surface area contributed by atoms with E-state index in [1.165, 1.54) is 17.0 Å². The second-order valence-corrected chi connectivity index (χ2v) is 11.9. The van der Waals surface area contributed by atoms with E-state index in [0.717, 1.165) is 23.5 Å². The zero-order valence-corrected chi connectivity index (χ0v) is 21.8. The molecular weight excluding hydrogens is 573 g/mol. The number of likely N-dealkylation sites (N-methyl/N-ethyl adjacent to an activating group) is 1. The number of rotatable bonds is 8. The predicted octanol–water partition coefficient (Wildman–Crippen LogP) is 5.96. The molecule has 7 nitrogen and oxygen atoms in total. The van der Waals surface area contributed by atoms with Crippen LogP contribution in [0.1, 0.15) is 37.7 Å². The highest BCUT2D eigenvalue weighted by Crippen LogP contribution is 2.49. The quantitative estimate of drug-likeness (QED) is 0.378. The summed E-state index contributed by atoms with van der Waals surface area (Å²) in [6.45, 7) is -0.951. The normalized spacial score (nSPS) is 20.5. The molecule has 0 aromatic heterocycles. The van der Waals surface area contributed by atoms with Gasteiger partial charge in [-0.1, -0.05) is 0 Å². The third-order valence-electron chi connectivity index (χ3n) is 7.17. The molecule has 0 amide bonds. The SMILES string of the molecule is CN1C(CCCC(F)(F)F)CN(c2ccc(F)cc2)c2cc(C(F)(F)F)c(OCC3(C(=O)O)CC3)cc2S1(=O)=O. The number of hydrogen-bond donors (Lipinski definition) is 1. The molecule has 0 spiro atoms. The maximum Gasteiger partial charge on any atom is 0.420 e. The van der Waals surface area contributed by atoms with Gasteiger partial charge >= 0.3 is 18.3 Å². The summed E-state index contributed by atoms with van der Waals surface area (Å²) in [6, 6.07) is 4.58. The Morgan fingerprint density at radius 3 is 2.25 bits per heavy atom. The summed E-state index contributed by atoms with van der Waals surface area (Å²) in [6.07, 6.45) is -11.1. The lowest BCUT2D eigenvalue weighted by Crippen LogP contribution is -2.41. The van der Waals surface area contributed by atoms with Crippen molar-refractivity contribution in [3.8, 4) is 5.75 Å². The number of carbonyl (C=O) groups is 1. The fraction of sp³-hybridized carbons (Fsp3) is 0.480. The molecule has 220 valence electrons. The number of nitrogens with zero attached hydrogens (tertiary/aromatic N) is 2. The lowest BCUT2D eigenvalue weighted by molar-refractivity contribution is -0.145. The van der Waals surface area contributed by atoms with E-state index in [0.29, 0.717) is 12.1 Å². The zero-order chi connectivity index (χ0) is 29.7.